The number of aryl methyl sites for hydroxylation is 1. The van der Waals surface area contributed by atoms with Gasteiger partial charge < -0.3 is 14.2 Å². The van der Waals surface area contributed by atoms with Gasteiger partial charge in [0.25, 0.3) is 0 Å². The van der Waals surface area contributed by atoms with E-state index in [-0.39, 0.29) is 5.78 Å². The SMILES string of the molecule is COc1cc(/C=C/C(=O)c2ccc(C)cc2)cc(OC)c1OC. The van der Waals surface area contributed by atoms with Crippen molar-refractivity contribution in [2.24, 2.45) is 0 Å². The van der Waals surface area contributed by atoms with Gasteiger partial charge in [-0.3, -0.25) is 4.79 Å². The molecule has 0 spiro atoms. The summed E-state index contributed by atoms with van der Waals surface area (Å²) in [7, 11) is 4.67. The highest BCUT2D eigenvalue weighted by molar-refractivity contribution is 6.06. The summed E-state index contributed by atoms with van der Waals surface area (Å²) < 4.78 is 15.9. The zero-order chi connectivity index (χ0) is 16.8. The number of benzene rings is 2. The standard InChI is InChI=1S/C19H20O4/c1-13-5-8-15(9-6-13)16(20)10-7-14-11-17(21-2)19(23-4)18(12-14)22-3/h5-12H,1-4H3/b10-7+. The molecule has 0 aliphatic heterocycles. The number of hydrogen-bond acceptors (Lipinski definition) is 4. The lowest BCUT2D eigenvalue weighted by molar-refractivity contribution is 0.104. The van der Waals surface area contributed by atoms with Gasteiger partial charge in [0, 0.05) is 5.56 Å². The van der Waals surface area contributed by atoms with Crippen molar-refractivity contribution < 1.29 is 19.0 Å². The van der Waals surface area contributed by atoms with Crippen molar-refractivity contribution in [3.05, 3.63) is 59.2 Å². The average molecular weight is 312 g/mol. The fraction of sp³-hybridized carbons (Fsp3) is 0.211. The number of carbonyl (C=O) groups excluding carboxylic acids is 1. The molecule has 0 saturated heterocycles. The number of ketones is 1. The van der Waals surface area contributed by atoms with Crippen molar-refractivity contribution in [2.45, 2.75) is 6.92 Å². The summed E-state index contributed by atoms with van der Waals surface area (Å²) in [5, 5.41) is 0. The molecule has 4 heteroatoms. The molecular formula is C19H20O4. The van der Waals surface area contributed by atoms with Gasteiger partial charge in [0.2, 0.25) is 5.75 Å². The topological polar surface area (TPSA) is 44.8 Å². The van der Waals surface area contributed by atoms with Gasteiger partial charge >= 0.3 is 0 Å². The molecule has 23 heavy (non-hydrogen) atoms. The summed E-state index contributed by atoms with van der Waals surface area (Å²) in [5.41, 5.74) is 2.56. The molecule has 2 rings (SSSR count). The number of hydrogen-bond donors (Lipinski definition) is 0. The molecule has 0 atom stereocenters. The van der Waals surface area contributed by atoms with Crippen LogP contribution in [0.3, 0.4) is 0 Å². The minimum absolute atomic E-state index is 0.0567. The van der Waals surface area contributed by atoms with Crippen molar-refractivity contribution in [3.63, 3.8) is 0 Å². The Morgan fingerprint density at radius 1 is 0.913 bits per heavy atom. The molecule has 0 aliphatic rings. The number of ether oxygens (including phenoxy) is 3. The second kappa shape index (κ2) is 7.49. The van der Waals surface area contributed by atoms with E-state index in [1.807, 2.05) is 31.2 Å². The van der Waals surface area contributed by atoms with Crippen LogP contribution in [0.2, 0.25) is 0 Å². The van der Waals surface area contributed by atoms with Crippen LogP contribution < -0.4 is 14.2 Å². The normalized spacial score (nSPS) is 10.6. The van der Waals surface area contributed by atoms with Gasteiger partial charge in [-0.1, -0.05) is 35.9 Å². The highest BCUT2D eigenvalue weighted by Gasteiger charge is 2.12. The fourth-order valence-electron chi connectivity index (χ4n) is 2.18. The van der Waals surface area contributed by atoms with Crippen molar-refractivity contribution in [1.82, 2.24) is 0 Å². The lowest BCUT2D eigenvalue weighted by Crippen LogP contribution is -1.96. The molecular weight excluding hydrogens is 292 g/mol. The Labute approximate surface area is 136 Å². The first-order valence-electron chi connectivity index (χ1n) is 7.18. The lowest BCUT2D eigenvalue weighted by atomic mass is 10.1. The molecule has 0 fully saturated rings. The van der Waals surface area contributed by atoms with Crippen molar-refractivity contribution in [2.75, 3.05) is 21.3 Å². The van der Waals surface area contributed by atoms with Gasteiger partial charge in [0.05, 0.1) is 21.3 Å². The van der Waals surface area contributed by atoms with Crippen LogP contribution in [0.1, 0.15) is 21.5 Å². The molecule has 2 aromatic carbocycles. The van der Waals surface area contributed by atoms with Gasteiger partial charge in [-0.2, -0.15) is 0 Å². The Hall–Kier alpha value is -2.75. The van der Waals surface area contributed by atoms with Crippen molar-refractivity contribution in [3.8, 4) is 17.2 Å². The molecule has 0 N–H and O–H groups in total. The Morgan fingerprint density at radius 2 is 1.48 bits per heavy atom. The van der Waals surface area contributed by atoms with E-state index in [4.69, 9.17) is 14.2 Å². The minimum atomic E-state index is -0.0567. The van der Waals surface area contributed by atoms with Gasteiger partial charge in [-0.05, 0) is 30.7 Å². The highest BCUT2D eigenvalue weighted by Crippen LogP contribution is 2.38. The van der Waals surface area contributed by atoms with Crippen LogP contribution >= 0.6 is 0 Å². The van der Waals surface area contributed by atoms with Crippen LogP contribution in [0.25, 0.3) is 6.08 Å². The molecule has 0 aromatic heterocycles. The maximum Gasteiger partial charge on any atom is 0.203 e. The fourth-order valence-corrected chi connectivity index (χ4v) is 2.18. The van der Waals surface area contributed by atoms with E-state index in [0.29, 0.717) is 22.8 Å². The molecule has 0 bridgehead atoms. The Morgan fingerprint density at radius 3 is 1.96 bits per heavy atom. The molecule has 2 aromatic rings. The van der Waals surface area contributed by atoms with E-state index in [2.05, 4.69) is 0 Å². The second-order valence-electron chi connectivity index (χ2n) is 5.02. The summed E-state index contributed by atoms with van der Waals surface area (Å²) >= 11 is 0. The molecule has 0 heterocycles. The first-order chi connectivity index (χ1) is 11.1. The monoisotopic (exact) mass is 312 g/mol. The predicted octanol–water partition coefficient (Wildman–Crippen LogP) is 3.92. The van der Waals surface area contributed by atoms with Gasteiger partial charge in [-0.25, -0.2) is 0 Å². The first-order valence-corrected chi connectivity index (χ1v) is 7.18. The Bertz CT molecular complexity index is 690. The third-order valence-corrected chi connectivity index (χ3v) is 3.45. The van der Waals surface area contributed by atoms with E-state index in [0.717, 1.165) is 11.1 Å². The number of methoxy groups -OCH3 is 3. The van der Waals surface area contributed by atoms with E-state index < -0.39 is 0 Å². The maximum absolute atomic E-state index is 12.2. The molecule has 0 amide bonds. The molecule has 120 valence electrons. The predicted molar refractivity (Wildman–Crippen MR) is 90.6 cm³/mol. The smallest absolute Gasteiger partial charge is 0.203 e. The van der Waals surface area contributed by atoms with E-state index in [1.165, 1.54) is 6.08 Å². The van der Waals surface area contributed by atoms with E-state index in [9.17, 15) is 4.79 Å². The quantitative estimate of drug-likeness (QED) is 0.599. The summed E-state index contributed by atoms with van der Waals surface area (Å²) in [5.74, 6) is 1.57. The van der Waals surface area contributed by atoms with Gasteiger partial charge in [-0.15, -0.1) is 0 Å². The number of rotatable bonds is 6. The lowest BCUT2D eigenvalue weighted by Gasteiger charge is -2.12. The molecule has 0 aliphatic carbocycles. The summed E-state index contributed by atoms with van der Waals surface area (Å²) in [6.45, 7) is 1.99. The Kier molecular flexibility index (Phi) is 5.41. The van der Waals surface area contributed by atoms with E-state index in [1.54, 1.807) is 39.5 Å². The van der Waals surface area contributed by atoms with Crippen LogP contribution in [-0.2, 0) is 0 Å². The van der Waals surface area contributed by atoms with E-state index >= 15 is 0 Å². The third kappa shape index (κ3) is 3.92. The third-order valence-electron chi connectivity index (χ3n) is 3.45. The van der Waals surface area contributed by atoms with Crippen molar-refractivity contribution >= 4 is 11.9 Å². The molecule has 4 nitrogen and oxygen atoms in total. The zero-order valence-corrected chi connectivity index (χ0v) is 13.8. The average Bonchev–Trinajstić information content (AvgIpc) is 2.59. The minimum Gasteiger partial charge on any atom is -0.493 e. The van der Waals surface area contributed by atoms with Crippen LogP contribution in [0.5, 0.6) is 17.2 Å². The van der Waals surface area contributed by atoms with Gasteiger partial charge in [0.15, 0.2) is 17.3 Å². The maximum atomic E-state index is 12.2. The molecule has 0 radical (unpaired) electrons. The molecule has 0 unspecified atom stereocenters. The largest absolute Gasteiger partial charge is 0.493 e. The summed E-state index contributed by atoms with van der Waals surface area (Å²) in [6.07, 6.45) is 3.26. The first kappa shape index (κ1) is 16.6. The van der Waals surface area contributed by atoms with Crippen LogP contribution in [0, 0.1) is 6.92 Å². The second-order valence-corrected chi connectivity index (χ2v) is 5.02. The number of allylic oxidation sites excluding steroid dienone is 1. The summed E-state index contributed by atoms with van der Waals surface area (Å²) in [6, 6.07) is 11.1. The van der Waals surface area contributed by atoms with Gasteiger partial charge in [0.1, 0.15) is 0 Å². The Balaban J connectivity index is 2.28. The highest BCUT2D eigenvalue weighted by atomic mass is 16.5. The molecule has 0 saturated carbocycles. The van der Waals surface area contributed by atoms with Crippen LogP contribution in [0.4, 0.5) is 0 Å². The number of carbonyl (C=O) groups is 1. The van der Waals surface area contributed by atoms with Crippen LogP contribution in [0.15, 0.2) is 42.5 Å². The zero-order valence-electron chi connectivity index (χ0n) is 13.8. The van der Waals surface area contributed by atoms with Crippen LogP contribution in [-0.4, -0.2) is 27.1 Å². The van der Waals surface area contributed by atoms with Crippen molar-refractivity contribution in [1.29, 1.82) is 0 Å². The summed E-state index contributed by atoms with van der Waals surface area (Å²) in [4.78, 5) is 12.2.